The van der Waals surface area contributed by atoms with Crippen LogP contribution in [0.15, 0.2) is 51.9 Å². The van der Waals surface area contributed by atoms with Crippen molar-refractivity contribution in [3.05, 3.63) is 58.3 Å². The second-order valence-corrected chi connectivity index (χ2v) is 8.99. The summed E-state index contributed by atoms with van der Waals surface area (Å²) in [6.07, 6.45) is 4.54. The Labute approximate surface area is 168 Å². The smallest absolute Gasteiger partial charge is 0.258 e. The number of hydrogen-bond donors (Lipinski definition) is 1. The highest BCUT2D eigenvalue weighted by Crippen LogP contribution is 2.28. The molecule has 2 aromatic rings. The first-order valence-electron chi connectivity index (χ1n) is 8.02. The molecule has 0 fully saturated rings. The summed E-state index contributed by atoms with van der Waals surface area (Å²) >= 11 is 7.02. The van der Waals surface area contributed by atoms with Gasteiger partial charge in [0, 0.05) is 23.7 Å². The number of amides is 1. The Morgan fingerprint density at radius 2 is 2.14 bits per heavy atom. The van der Waals surface area contributed by atoms with E-state index in [9.17, 15) is 17.6 Å². The Morgan fingerprint density at radius 3 is 2.93 bits per heavy atom. The number of thiazole rings is 1. The number of benzene rings is 1. The van der Waals surface area contributed by atoms with Gasteiger partial charge < -0.3 is 4.90 Å². The molecule has 2 aliphatic heterocycles. The average Bonchev–Trinajstić information content (AvgIpc) is 3.11. The monoisotopic (exact) mass is 438 g/mol. The number of nitrogens with one attached hydrogen (secondary N) is 1. The van der Waals surface area contributed by atoms with E-state index in [0.717, 1.165) is 0 Å². The normalized spacial score (nSPS) is 17.6. The first-order chi connectivity index (χ1) is 13.3. The summed E-state index contributed by atoms with van der Waals surface area (Å²) in [7, 11) is -3.44. The van der Waals surface area contributed by atoms with Gasteiger partial charge in [0.25, 0.3) is 15.9 Å². The highest BCUT2D eigenvalue weighted by molar-refractivity contribution is 7.90. The molecule has 0 spiro atoms. The molecule has 1 N–H and O–H groups in total. The van der Waals surface area contributed by atoms with Gasteiger partial charge in [-0.2, -0.15) is 0 Å². The van der Waals surface area contributed by atoms with Crippen molar-refractivity contribution in [2.24, 2.45) is 4.40 Å². The van der Waals surface area contributed by atoms with E-state index < -0.39 is 15.8 Å². The van der Waals surface area contributed by atoms with Gasteiger partial charge >= 0.3 is 0 Å². The van der Waals surface area contributed by atoms with Crippen LogP contribution in [0.1, 0.15) is 0 Å². The maximum Gasteiger partial charge on any atom is 0.258 e. The molecule has 0 saturated carbocycles. The van der Waals surface area contributed by atoms with Crippen molar-refractivity contribution in [1.82, 2.24) is 9.88 Å². The molecule has 2 aliphatic rings. The number of aromatic nitrogens is 1. The number of carbonyl (C=O) groups excluding carboxylic acids is 1. The number of sulfonamides is 1. The number of nitrogens with zero attached hydrogens (tertiary/aromatic N) is 3. The van der Waals surface area contributed by atoms with Gasteiger partial charge in [0.1, 0.15) is 11.7 Å². The standard InChI is InChI=1S/C17H12ClFN4O3S2/c18-12-7-10(1-3-13(12)19)14-9-27-17(20-14)21-16(24)11-2-4-15-22-28(25,26)6-5-23(15)8-11/h1-4,7-9H,5-6H2,(H,20,21,24). The van der Waals surface area contributed by atoms with Gasteiger partial charge in [-0.15, -0.1) is 15.7 Å². The van der Waals surface area contributed by atoms with E-state index in [1.54, 1.807) is 22.5 Å². The second-order valence-electron chi connectivity index (χ2n) is 5.97. The van der Waals surface area contributed by atoms with Crippen molar-refractivity contribution in [1.29, 1.82) is 0 Å². The van der Waals surface area contributed by atoms with E-state index in [1.165, 1.54) is 35.6 Å². The molecule has 0 atom stereocenters. The van der Waals surface area contributed by atoms with Crippen LogP contribution in [0.4, 0.5) is 9.52 Å². The van der Waals surface area contributed by atoms with Gasteiger partial charge in [-0.1, -0.05) is 11.6 Å². The quantitative estimate of drug-likeness (QED) is 0.795. The zero-order valence-electron chi connectivity index (χ0n) is 14.1. The Hall–Kier alpha value is -2.56. The number of fused-ring (bicyclic) bond motifs is 1. The largest absolute Gasteiger partial charge is 0.330 e. The zero-order chi connectivity index (χ0) is 19.9. The maximum atomic E-state index is 13.3. The lowest BCUT2D eigenvalue weighted by molar-refractivity contribution is -0.112. The average molecular weight is 439 g/mol. The molecule has 1 aromatic heterocycles. The van der Waals surface area contributed by atoms with Crippen molar-refractivity contribution in [2.45, 2.75) is 0 Å². The Morgan fingerprint density at radius 1 is 1.32 bits per heavy atom. The molecule has 4 rings (SSSR count). The minimum Gasteiger partial charge on any atom is -0.330 e. The minimum absolute atomic E-state index is 0.00500. The summed E-state index contributed by atoms with van der Waals surface area (Å²) in [5, 5.41) is 4.79. The first-order valence-corrected chi connectivity index (χ1v) is 10.9. The van der Waals surface area contributed by atoms with Crippen LogP contribution in [0.3, 0.4) is 0 Å². The summed E-state index contributed by atoms with van der Waals surface area (Å²) < 4.78 is 40.0. The minimum atomic E-state index is -3.44. The molecule has 7 nitrogen and oxygen atoms in total. The number of hydrogen-bond acceptors (Lipinski definition) is 6. The topological polar surface area (TPSA) is 91.7 Å². The van der Waals surface area contributed by atoms with Gasteiger partial charge in [0.15, 0.2) is 5.13 Å². The van der Waals surface area contributed by atoms with Crippen molar-refractivity contribution < 1.29 is 17.6 Å². The first kappa shape index (κ1) is 18.8. The highest BCUT2D eigenvalue weighted by Gasteiger charge is 2.25. The highest BCUT2D eigenvalue weighted by atomic mass is 35.5. The molecule has 0 bridgehead atoms. The third-order valence-corrected chi connectivity index (χ3v) is 6.24. The summed E-state index contributed by atoms with van der Waals surface area (Å²) in [4.78, 5) is 18.4. The van der Waals surface area contributed by atoms with E-state index in [1.807, 2.05) is 0 Å². The lowest BCUT2D eigenvalue weighted by atomic mass is 10.2. The summed E-state index contributed by atoms with van der Waals surface area (Å²) in [6.45, 7) is 0.231. The molecule has 1 aromatic carbocycles. The van der Waals surface area contributed by atoms with E-state index in [4.69, 9.17) is 11.6 Å². The van der Waals surface area contributed by atoms with Crippen LogP contribution in [0.5, 0.6) is 0 Å². The molecule has 0 saturated heterocycles. The van der Waals surface area contributed by atoms with Crippen LogP contribution in [-0.4, -0.2) is 42.3 Å². The predicted molar refractivity (Wildman–Crippen MR) is 106 cm³/mol. The number of anilines is 1. The maximum absolute atomic E-state index is 13.3. The molecule has 144 valence electrons. The van der Waals surface area contributed by atoms with E-state index in [0.29, 0.717) is 22.0 Å². The lowest BCUT2D eigenvalue weighted by Crippen LogP contribution is -2.37. The fraction of sp³-hybridized carbons (Fsp3) is 0.118. The van der Waals surface area contributed by atoms with Crippen LogP contribution in [-0.2, 0) is 14.8 Å². The Balaban J connectivity index is 1.49. The number of carbonyl (C=O) groups is 1. The van der Waals surface area contributed by atoms with Gasteiger partial charge in [-0.3, -0.25) is 10.1 Å². The third kappa shape index (κ3) is 3.84. The van der Waals surface area contributed by atoms with Gasteiger partial charge in [0.05, 0.1) is 22.0 Å². The van der Waals surface area contributed by atoms with Crippen LogP contribution in [0.2, 0.25) is 5.02 Å². The molecule has 1 amide bonds. The van der Waals surface area contributed by atoms with Crippen LogP contribution >= 0.6 is 22.9 Å². The molecule has 11 heteroatoms. The molecular weight excluding hydrogens is 427 g/mol. The summed E-state index contributed by atoms with van der Waals surface area (Å²) in [5.74, 6) is -0.723. The van der Waals surface area contributed by atoms with E-state index in [2.05, 4.69) is 14.7 Å². The third-order valence-electron chi connectivity index (χ3n) is 4.03. The molecule has 0 unspecified atom stereocenters. The van der Waals surface area contributed by atoms with Gasteiger partial charge in [-0.25, -0.2) is 17.8 Å². The van der Waals surface area contributed by atoms with Crippen LogP contribution in [0, 0.1) is 5.82 Å². The van der Waals surface area contributed by atoms with Gasteiger partial charge in [0.2, 0.25) is 0 Å². The van der Waals surface area contributed by atoms with Crippen LogP contribution in [0.25, 0.3) is 11.3 Å². The molecule has 0 radical (unpaired) electrons. The van der Waals surface area contributed by atoms with Gasteiger partial charge in [-0.05, 0) is 30.4 Å². The number of halogens is 2. The Kier molecular flexibility index (Phi) is 4.77. The molecule has 0 aliphatic carbocycles. The van der Waals surface area contributed by atoms with Crippen molar-refractivity contribution in [2.75, 3.05) is 17.6 Å². The number of amidine groups is 1. The Bertz CT molecular complexity index is 1170. The molecule has 3 heterocycles. The van der Waals surface area contributed by atoms with Crippen LogP contribution < -0.4 is 5.32 Å². The molecular formula is C17H12ClFN4O3S2. The second kappa shape index (κ2) is 7.12. The SMILES string of the molecule is O=C(Nc1nc(-c2ccc(F)c(Cl)c2)cs1)C1=CN2CCS(=O)(=O)N=C2C=C1. The zero-order valence-corrected chi connectivity index (χ0v) is 16.5. The molecule has 28 heavy (non-hydrogen) atoms. The summed E-state index contributed by atoms with van der Waals surface area (Å²) in [6, 6.07) is 4.28. The lowest BCUT2D eigenvalue weighted by Gasteiger charge is -2.26. The summed E-state index contributed by atoms with van der Waals surface area (Å²) in [5.41, 5.74) is 1.54. The van der Waals surface area contributed by atoms with Crippen molar-refractivity contribution in [3.8, 4) is 11.3 Å². The van der Waals surface area contributed by atoms with E-state index >= 15 is 0 Å². The van der Waals surface area contributed by atoms with Crippen molar-refractivity contribution >= 4 is 49.8 Å². The van der Waals surface area contributed by atoms with Crippen molar-refractivity contribution in [3.63, 3.8) is 0 Å². The number of rotatable bonds is 3. The fourth-order valence-corrected chi connectivity index (χ4v) is 4.49. The predicted octanol–water partition coefficient (Wildman–Crippen LogP) is 3.04. The fourth-order valence-electron chi connectivity index (χ4n) is 2.62. The van der Waals surface area contributed by atoms with E-state index in [-0.39, 0.29) is 29.1 Å².